The molecule has 0 aliphatic carbocycles. The van der Waals surface area contributed by atoms with Crippen molar-refractivity contribution >= 4 is 16.5 Å². The zero-order chi connectivity index (χ0) is 17.1. The topological polar surface area (TPSA) is 98.7 Å². The van der Waals surface area contributed by atoms with Crippen molar-refractivity contribution in [2.45, 2.75) is 78.1 Å². The fraction of sp³-hybridized carbons (Fsp3) is 1.00. The van der Waals surface area contributed by atoms with Crippen molar-refractivity contribution in [1.82, 2.24) is 0 Å². The number of hydrogen-bond acceptors (Lipinski definition) is 6. The van der Waals surface area contributed by atoms with Crippen molar-refractivity contribution in [2.75, 3.05) is 13.2 Å². The van der Waals surface area contributed by atoms with E-state index in [-0.39, 0.29) is 16.5 Å². The quantitative estimate of drug-likeness (QED) is 0.244. The van der Waals surface area contributed by atoms with Gasteiger partial charge in [0.2, 0.25) is 0 Å². The fourth-order valence-electron chi connectivity index (χ4n) is 1.72. The van der Waals surface area contributed by atoms with E-state index in [1.807, 2.05) is 0 Å². The molecule has 144 valence electrons. The molecule has 0 saturated heterocycles. The predicted octanol–water partition coefficient (Wildman–Crippen LogP) is 3.44. The third kappa shape index (κ3) is 34.9. The molecule has 0 heterocycles. The summed E-state index contributed by atoms with van der Waals surface area (Å²) in [5, 5.41) is 0. The van der Waals surface area contributed by atoms with Crippen LogP contribution in [-0.4, -0.2) is 13.2 Å². The van der Waals surface area contributed by atoms with E-state index in [4.69, 9.17) is 0 Å². The zero-order valence-corrected chi connectivity index (χ0v) is 17.2. The summed E-state index contributed by atoms with van der Waals surface area (Å²) in [5.74, 6) is 0. The van der Waals surface area contributed by atoms with E-state index in [2.05, 4.69) is 22.9 Å². The molecule has 2 atom stereocenters. The van der Waals surface area contributed by atoms with E-state index in [0.717, 1.165) is 25.7 Å². The molecule has 0 bridgehead atoms. The van der Waals surface area contributed by atoms with Crippen molar-refractivity contribution in [1.29, 1.82) is 0 Å². The first-order valence-electron chi connectivity index (χ1n) is 8.22. The zero-order valence-electron chi connectivity index (χ0n) is 14.3. The molecule has 0 rings (SSSR count). The van der Waals surface area contributed by atoms with E-state index in [1.54, 1.807) is 0 Å². The molecule has 6 nitrogen and oxygen atoms in total. The summed E-state index contributed by atoms with van der Waals surface area (Å²) in [6.45, 7) is 5.02. The van der Waals surface area contributed by atoms with Crippen LogP contribution in [0.15, 0.2) is 0 Å². The Morgan fingerprint density at radius 2 is 0.957 bits per heavy atom. The average Bonchev–Trinajstić information content (AvgIpc) is 2.46. The van der Waals surface area contributed by atoms with Crippen molar-refractivity contribution in [3.63, 3.8) is 0 Å². The second kappa shape index (κ2) is 25.0. The first kappa shape index (κ1) is 28.6. The number of rotatable bonds is 14. The van der Waals surface area contributed by atoms with Crippen LogP contribution in [0.4, 0.5) is 0 Å². The van der Waals surface area contributed by atoms with Gasteiger partial charge in [-0.25, -0.2) is 0 Å². The van der Waals surface area contributed by atoms with E-state index >= 15 is 0 Å². The molecule has 0 aliphatic heterocycles. The standard InChI is InChI=1S/2C7H17O3P.Ni/c2*1-2-3-4-5-6-7-10-11(8)9;/h2*11H,2-7H2,1H3,(H,8,9);/q;;+2/p-2. The maximum absolute atomic E-state index is 9.94. The van der Waals surface area contributed by atoms with Crippen molar-refractivity contribution in [2.24, 2.45) is 0 Å². The molecule has 0 fully saturated rings. The number of hydrogen-bond donors (Lipinski definition) is 0. The third-order valence-electron chi connectivity index (χ3n) is 2.94. The van der Waals surface area contributed by atoms with Gasteiger partial charge in [-0.3, -0.25) is 0 Å². The van der Waals surface area contributed by atoms with E-state index in [1.165, 1.54) is 38.5 Å². The summed E-state index contributed by atoms with van der Waals surface area (Å²) in [7, 11) is -5.85. The molecule has 0 N–H and O–H groups in total. The summed E-state index contributed by atoms with van der Waals surface area (Å²) >= 11 is 0. The Morgan fingerprint density at radius 3 is 1.22 bits per heavy atom. The van der Waals surface area contributed by atoms with Crippen LogP contribution in [0.3, 0.4) is 0 Å². The Balaban J connectivity index is -0.000000333. The molecule has 23 heavy (non-hydrogen) atoms. The summed E-state index contributed by atoms with van der Waals surface area (Å²) in [4.78, 5) is 19.9. The number of unbranched alkanes of at least 4 members (excludes halogenated alkanes) is 8. The van der Waals surface area contributed by atoms with Crippen molar-refractivity contribution in [3.05, 3.63) is 0 Å². The Morgan fingerprint density at radius 1 is 0.652 bits per heavy atom. The van der Waals surface area contributed by atoms with Crippen LogP contribution >= 0.6 is 16.5 Å². The Bertz CT molecular complexity index is 244. The fourth-order valence-corrected chi connectivity index (χ4v) is 2.34. The predicted molar refractivity (Wildman–Crippen MR) is 87.4 cm³/mol. The SMILES string of the molecule is CCCCCCCO[PH](=O)[O-].CCCCCCCO[PH](=O)[O-].[Ni+2]. The summed E-state index contributed by atoms with van der Waals surface area (Å²) in [6.07, 6.45) is 11.1. The van der Waals surface area contributed by atoms with Gasteiger partial charge in [0.15, 0.2) is 0 Å². The minimum Gasteiger partial charge on any atom is -0.781 e. The van der Waals surface area contributed by atoms with E-state index < -0.39 is 16.5 Å². The summed E-state index contributed by atoms with van der Waals surface area (Å²) < 4.78 is 28.7. The van der Waals surface area contributed by atoms with Crippen molar-refractivity contribution < 1.29 is 44.5 Å². The van der Waals surface area contributed by atoms with Crippen LogP contribution in [-0.2, 0) is 34.7 Å². The maximum Gasteiger partial charge on any atom is 2.00 e. The first-order valence-corrected chi connectivity index (χ1v) is 10.7. The Kier molecular flexibility index (Phi) is 31.1. The monoisotopic (exact) mass is 416 g/mol. The molecule has 0 aromatic heterocycles. The second-order valence-corrected chi connectivity index (χ2v) is 6.60. The summed E-state index contributed by atoms with van der Waals surface area (Å²) in [5.41, 5.74) is 0. The molecule has 9 heteroatoms. The van der Waals surface area contributed by atoms with Crippen LogP contribution in [0.1, 0.15) is 78.1 Å². The molecule has 0 aromatic rings. The molecule has 0 saturated carbocycles. The van der Waals surface area contributed by atoms with E-state index in [0.29, 0.717) is 13.2 Å². The minimum absolute atomic E-state index is 0. The van der Waals surface area contributed by atoms with Crippen LogP contribution in [0.25, 0.3) is 0 Å². The molecular formula is C14H32NiO6P2. The first-order chi connectivity index (χ1) is 10.5. The molecule has 0 aliphatic rings. The summed E-state index contributed by atoms with van der Waals surface area (Å²) in [6, 6.07) is 0. The van der Waals surface area contributed by atoms with Crippen LogP contribution < -0.4 is 9.79 Å². The Hall–Kier alpha value is 0.794. The smallest absolute Gasteiger partial charge is 0.781 e. The molecule has 2 unspecified atom stereocenters. The van der Waals surface area contributed by atoms with Crippen LogP contribution in [0, 0.1) is 0 Å². The van der Waals surface area contributed by atoms with E-state index in [9.17, 15) is 18.9 Å². The molecule has 0 radical (unpaired) electrons. The minimum atomic E-state index is -2.93. The van der Waals surface area contributed by atoms with Gasteiger partial charge in [-0.1, -0.05) is 65.2 Å². The van der Waals surface area contributed by atoms with Gasteiger partial charge in [-0.15, -0.1) is 0 Å². The third-order valence-corrected chi connectivity index (χ3v) is 3.82. The largest absolute Gasteiger partial charge is 2.00 e. The van der Waals surface area contributed by atoms with Gasteiger partial charge in [0.25, 0.3) is 0 Å². The van der Waals surface area contributed by atoms with Gasteiger partial charge in [0, 0.05) is 0 Å². The molecule has 0 spiro atoms. The van der Waals surface area contributed by atoms with Crippen LogP contribution in [0.2, 0.25) is 0 Å². The van der Waals surface area contributed by atoms with Gasteiger partial charge in [-0.05, 0) is 12.8 Å². The second-order valence-electron chi connectivity index (χ2n) is 5.03. The average molecular weight is 417 g/mol. The normalized spacial score (nSPS) is 12.7. The van der Waals surface area contributed by atoms with Gasteiger partial charge in [-0.2, -0.15) is 0 Å². The van der Waals surface area contributed by atoms with Gasteiger partial charge >= 0.3 is 16.5 Å². The van der Waals surface area contributed by atoms with Crippen molar-refractivity contribution in [3.8, 4) is 0 Å². The molecular weight excluding hydrogens is 385 g/mol. The van der Waals surface area contributed by atoms with Crippen LogP contribution in [0.5, 0.6) is 0 Å². The van der Waals surface area contributed by atoms with Gasteiger partial charge in [0.1, 0.15) is 16.5 Å². The maximum atomic E-state index is 9.94. The molecule has 0 aromatic carbocycles. The Labute approximate surface area is 152 Å². The van der Waals surface area contributed by atoms with Gasteiger partial charge < -0.3 is 28.0 Å². The van der Waals surface area contributed by atoms with Gasteiger partial charge in [0.05, 0.1) is 13.2 Å². The molecule has 0 amide bonds.